The van der Waals surface area contributed by atoms with Gasteiger partial charge in [-0.1, -0.05) is 39.8 Å². The highest BCUT2D eigenvalue weighted by Gasteiger charge is 2.27. The van der Waals surface area contributed by atoms with E-state index in [1.165, 1.54) is 0 Å². The minimum absolute atomic E-state index is 0.0557. The van der Waals surface area contributed by atoms with Gasteiger partial charge in [0.2, 0.25) is 0 Å². The summed E-state index contributed by atoms with van der Waals surface area (Å²) in [6.07, 6.45) is 3.92. The molecule has 0 aliphatic carbocycles. The molecule has 2 aromatic rings. The summed E-state index contributed by atoms with van der Waals surface area (Å²) >= 11 is 0. The maximum atomic E-state index is 13.6. The monoisotopic (exact) mass is 521 g/mol. The first-order chi connectivity index (χ1) is 18.1. The number of nitrogens with zero attached hydrogens (tertiary/aromatic N) is 1. The summed E-state index contributed by atoms with van der Waals surface area (Å²) in [5.41, 5.74) is 3.30. The van der Waals surface area contributed by atoms with Crippen LogP contribution < -0.4 is 18.9 Å². The summed E-state index contributed by atoms with van der Waals surface area (Å²) < 4.78 is 22.9. The molecule has 0 unspecified atom stereocenters. The van der Waals surface area contributed by atoms with Crippen molar-refractivity contribution in [3.63, 3.8) is 0 Å². The van der Waals surface area contributed by atoms with Gasteiger partial charge in [0.25, 0.3) is 0 Å². The molecular weight excluding hydrogens is 478 g/mol. The van der Waals surface area contributed by atoms with E-state index in [1.54, 1.807) is 14.2 Å². The van der Waals surface area contributed by atoms with Crippen molar-refractivity contribution in [2.45, 2.75) is 47.6 Å². The number of benzene rings is 2. The normalized spacial score (nSPS) is 16.7. The van der Waals surface area contributed by atoms with Crippen LogP contribution >= 0.6 is 0 Å². The van der Waals surface area contributed by atoms with Crippen LogP contribution in [0.25, 0.3) is 12.2 Å². The second kappa shape index (κ2) is 13.5. The maximum Gasteiger partial charge on any atom is 0.187 e. The zero-order chi connectivity index (χ0) is 27.8. The number of hydrogen-bond acceptors (Lipinski definition) is 6. The van der Waals surface area contributed by atoms with Gasteiger partial charge in [-0.05, 0) is 73.2 Å². The van der Waals surface area contributed by atoms with Gasteiger partial charge in [0, 0.05) is 30.3 Å². The molecule has 1 aliphatic rings. The van der Waals surface area contributed by atoms with Crippen molar-refractivity contribution in [3.05, 3.63) is 58.7 Å². The first-order valence-corrected chi connectivity index (χ1v) is 13.4. The van der Waals surface area contributed by atoms with E-state index >= 15 is 0 Å². The second-order valence-electron chi connectivity index (χ2n) is 10.9. The molecule has 38 heavy (non-hydrogen) atoms. The molecule has 0 aromatic heterocycles. The van der Waals surface area contributed by atoms with E-state index in [0.717, 1.165) is 22.3 Å². The van der Waals surface area contributed by atoms with Gasteiger partial charge in [-0.2, -0.15) is 0 Å². The summed E-state index contributed by atoms with van der Waals surface area (Å²) in [7, 11) is 3.27. The van der Waals surface area contributed by atoms with E-state index in [0.29, 0.717) is 61.1 Å². The Bertz CT molecular complexity index is 1080. The van der Waals surface area contributed by atoms with Crippen LogP contribution in [-0.4, -0.2) is 57.2 Å². The molecule has 0 radical (unpaired) electrons. The standard InChI is InChI=1S/C32H43NO5/c1-21(2)19-37-28-11-9-24(15-30(28)35-7)13-26-17-33(23(5)6)18-27(32(26)34)14-25-10-12-29(31(16-25)36-8)38-20-22(3)4/h9-16,21-23H,17-20H2,1-8H3. The van der Waals surface area contributed by atoms with Gasteiger partial charge >= 0.3 is 0 Å². The van der Waals surface area contributed by atoms with Gasteiger partial charge in [-0.15, -0.1) is 0 Å². The third-order valence-electron chi connectivity index (χ3n) is 6.26. The number of carbonyl (C=O) groups excluding carboxylic acids is 1. The minimum atomic E-state index is 0.0557. The van der Waals surface area contributed by atoms with E-state index in [1.807, 2.05) is 48.6 Å². The zero-order valence-corrected chi connectivity index (χ0v) is 24.2. The Hall–Kier alpha value is -3.25. The molecule has 2 aromatic carbocycles. The van der Waals surface area contributed by atoms with Crippen LogP contribution in [0.3, 0.4) is 0 Å². The highest BCUT2D eigenvalue weighted by atomic mass is 16.5. The Balaban J connectivity index is 1.92. The largest absolute Gasteiger partial charge is 0.493 e. The van der Waals surface area contributed by atoms with Crippen LogP contribution in [-0.2, 0) is 4.79 Å². The topological polar surface area (TPSA) is 57.2 Å². The van der Waals surface area contributed by atoms with E-state index in [4.69, 9.17) is 18.9 Å². The highest BCUT2D eigenvalue weighted by molar-refractivity contribution is 6.14. The van der Waals surface area contributed by atoms with Crippen molar-refractivity contribution in [2.24, 2.45) is 11.8 Å². The van der Waals surface area contributed by atoms with Gasteiger partial charge in [-0.3, -0.25) is 9.69 Å². The molecular formula is C32H43NO5. The molecule has 0 atom stereocenters. The van der Waals surface area contributed by atoms with Gasteiger partial charge in [0.05, 0.1) is 27.4 Å². The molecule has 6 heteroatoms. The number of rotatable bonds is 11. The summed E-state index contributed by atoms with van der Waals surface area (Å²) in [4.78, 5) is 15.9. The fourth-order valence-corrected chi connectivity index (χ4v) is 4.13. The maximum absolute atomic E-state index is 13.6. The molecule has 1 heterocycles. The molecule has 6 nitrogen and oxygen atoms in total. The lowest BCUT2D eigenvalue weighted by Crippen LogP contribution is -2.41. The number of piperidine rings is 1. The Morgan fingerprint density at radius 2 is 1.13 bits per heavy atom. The van der Waals surface area contributed by atoms with Gasteiger partial charge in [-0.25, -0.2) is 0 Å². The van der Waals surface area contributed by atoms with Gasteiger partial charge in [0.15, 0.2) is 28.8 Å². The smallest absolute Gasteiger partial charge is 0.187 e. The first kappa shape index (κ1) is 29.3. The Morgan fingerprint density at radius 1 is 0.711 bits per heavy atom. The van der Waals surface area contributed by atoms with Crippen molar-refractivity contribution in [1.29, 1.82) is 0 Å². The summed E-state index contributed by atoms with van der Waals surface area (Å²) in [5, 5.41) is 0. The number of hydrogen-bond donors (Lipinski definition) is 0. The van der Waals surface area contributed by atoms with Crippen LogP contribution in [0, 0.1) is 11.8 Å². The average molecular weight is 522 g/mol. The minimum Gasteiger partial charge on any atom is -0.493 e. The van der Waals surface area contributed by atoms with Gasteiger partial charge < -0.3 is 18.9 Å². The van der Waals surface area contributed by atoms with Crippen molar-refractivity contribution < 1.29 is 23.7 Å². The molecule has 3 rings (SSSR count). The summed E-state index contributed by atoms with van der Waals surface area (Å²) in [6, 6.07) is 11.9. The number of ketones is 1. The Labute approximate surface area is 228 Å². The predicted molar refractivity (Wildman–Crippen MR) is 154 cm³/mol. The first-order valence-electron chi connectivity index (χ1n) is 13.4. The lowest BCUT2D eigenvalue weighted by Gasteiger charge is -2.32. The lowest BCUT2D eigenvalue weighted by atomic mass is 9.93. The van der Waals surface area contributed by atoms with E-state index in [-0.39, 0.29) is 11.8 Å². The van der Waals surface area contributed by atoms with Crippen LogP contribution in [0.1, 0.15) is 52.7 Å². The molecule has 0 spiro atoms. The average Bonchev–Trinajstić information content (AvgIpc) is 2.88. The number of likely N-dealkylation sites (tertiary alicyclic amines) is 1. The molecule has 0 N–H and O–H groups in total. The Morgan fingerprint density at radius 3 is 1.47 bits per heavy atom. The second-order valence-corrected chi connectivity index (χ2v) is 10.9. The van der Waals surface area contributed by atoms with Crippen molar-refractivity contribution in [2.75, 3.05) is 40.5 Å². The van der Waals surface area contributed by atoms with Crippen LogP contribution in [0.5, 0.6) is 23.0 Å². The molecule has 0 saturated carbocycles. The number of methoxy groups -OCH3 is 2. The van der Waals surface area contributed by atoms with Gasteiger partial charge in [0.1, 0.15) is 0 Å². The highest BCUT2D eigenvalue weighted by Crippen LogP contribution is 2.32. The van der Waals surface area contributed by atoms with Crippen LogP contribution in [0.2, 0.25) is 0 Å². The summed E-state index contributed by atoms with van der Waals surface area (Å²) in [6.45, 7) is 15.1. The SMILES string of the molecule is COc1cc(C=C2CN(C(C)C)CC(=Cc3ccc(OCC(C)C)c(OC)c3)C2=O)ccc1OCC(C)C. The molecule has 0 amide bonds. The van der Waals surface area contributed by atoms with E-state index < -0.39 is 0 Å². The van der Waals surface area contributed by atoms with Crippen molar-refractivity contribution >= 4 is 17.9 Å². The Kier molecular flexibility index (Phi) is 10.4. The number of Topliss-reactive ketones (excluding diaryl/α,β-unsaturated/α-hetero) is 1. The van der Waals surface area contributed by atoms with Crippen LogP contribution in [0.4, 0.5) is 0 Å². The van der Waals surface area contributed by atoms with E-state index in [2.05, 4.69) is 46.4 Å². The zero-order valence-electron chi connectivity index (χ0n) is 24.2. The third-order valence-corrected chi connectivity index (χ3v) is 6.26. The number of carbonyl (C=O) groups is 1. The van der Waals surface area contributed by atoms with Crippen LogP contribution in [0.15, 0.2) is 47.5 Å². The third kappa shape index (κ3) is 7.87. The quantitative estimate of drug-likeness (QED) is 0.313. The molecule has 1 fully saturated rings. The summed E-state index contributed by atoms with van der Waals surface area (Å²) in [5.74, 6) is 3.61. The fourth-order valence-electron chi connectivity index (χ4n) is 4.13. The molecule has 1 saturated heterocycles. The molecule has 206 valence electrons. The molecule has 1 aliphatic heterocycles. The van der Waals surface area contributed by atoms with Crippen molar-refractivity contribution in [3.8, 4) is 23.0 Å². The molecule has 0 bridgehead atoms. The predicted octanol–water partition coefficient (Wildman–Crippen LogP) is 6.53. The van der Waals surface area contributed by atoms with Crippen molar-refractivity contribution in [1.82, 2.24) is 4.90 Å². The number of ether oxygens (including phenoxy) is 4. The lowest BCUT2D eigenvalue weighted by molar-refractivity contribution is -0.113. The fraction of sp³-hybridized carbons (Fsp3) is 0.469. The van der Waals surface area contributed by atoms with E-state index in [9.17, 15) is 4.79 Å².